The van der Waals surface area contributed by atoms with Gasteiger partial charge >= 0.3 is 0 Å². The highest BCUT2D eigenvalue weighted by Gasteiger charge is 2.58. The molecule has 0 spiro atoms. The molecule has 0 bridgehead atoms. The maximum atomic E-state index is 2.79. The van der Waals surface area contributed by atoms with Gasteiger partial charge in [-0.2, -0.15) is 0 Å². The van der Waals surface area contributed by atoms with Crippen molar-refractivity contribution in [2.45, 2.75) is 116 Å². The fourth-order valence-electron chi connectivity index (χ4n) is 13.2. The van der Waals surface area contributed by atoms with Crippen molar-refractivity contribution in [2.75, 3.05) is 14.7 Å². The summed E-state index contributed by atoms with van der Waals surface area (Å²) < 4.78 is 0. The lowest BCUT2D eigenvalue weighted by Crippen LogP contribution is -2.79. The Morgan fingerprint density at radius 3 is 1.65 bits per heavy atom. The Labute approximate surface area is 389 Å². The van der Waals surface area contributed by atoms with Gasteiger partial charge in [0, 0.05) is 50.8 Å². The number of hydrogen-bond donors (Lipinski definition) is 0. The lowest BCUT2D eigenvalue weighted by molar-refractivity contribution is 0.195. The monoisotopic (exact) mass is 863 g/mol. The van der Waals surface area contributed by atoms with Crippen LogP contribution in [0.3, 0.4) is 0 Å². The second-order valence-electron chi connectivity index (χ2n) is 22.9. The Kier molecular flexibility index (Phi) is 8.54. The van der Waals surface area contributed by atoms with Crippen LogP contribution in [-0.4, -0.2) is 20.3 Å². The molecule has 1 aliphatic carbocycles. The minimum absolute atomic E-state index is 0.0333. The third-order valence-corrected chi connectivity index (χ3v) is 20.5. The minimum atomic E-state index is -2.18. The first kappa shape index (κ1) is 40.7. The molecular weight excluding hydrogens is 802 g/mol. The second kappa shape index (κ2) is 13.6. The van der Waals surface area contributed by atoms with Gasteiger partial charge in [0.05, 0.1) is 11.2 Å². The highest BCUT2D eigenvalue weighted by molar-refractivity contribution is 7.16. The normalized spacial score (nSPS) is 21.0. The summed E-state index contributed by atoms with van der Waals surface area (Å²) in [5, 5.41) is 3.12. The Hall–Kier alpha value is -5.78. The molecule has 1 fully saturated rings. The van der Waals surface area contributed by atoms with E-state index < -0.39 is 8.07 Å². The standard InChI is InChI=1S/C60H62BN3Si/c1-57(2,3)40-29-27-39(28-30-40)44-19-11-13-21-46(44)63-49-24-18-26-53-56(49)61-54-50(37-43(38-51(54)63)64-47-22-14-12-20-45(47)59(7)35-15-16-36-60(59,64)8)62(42-33-31-41(32-34-42)58(4,5)6)48-23-17-25-52(55(48)61)65(53,9)10/h11-14,17-34,37-38H,15-16,35-36H2,1-10H3. The third kappa shape index (κ3) is 5.54. The summed E-state index contributed by atoms with van der Waals surface area (Å²) in [7, 11) is -2.18. The maximum absolute atomic E-state index is 2.79. The van der Waals surface area contributed by atoms with Gasteiger partial charge in [0.25, 0.3) is 6.71 Å². The minimum Gasteiger partial charge on any atom is -0.334 e. The van der Waals surface area contributed by atoms with E-state index in [2.05, 4.69) is 229 Å². The van der Waals surface area contributed by atoms with E-state index in [4.69, 9.17) is 0 Å². The zero-order chi connectivity index (χ0) is 45.0. The Morgan fingerprint density at radius 1 is 0.492 bits per heavy atom. The molecule has 5 heteroatoms. The molecule has 5 aliphatic rings. The number of para-hydroxylation sites is 2. The van der Waals surface area contributed by atoms with E-state index in [9.17, 15) is 0 Å². The van der Waals surface area contributed by atoms with E-state index in [1.54, 1.807) is 10.4 Å². The van der Waals surface area contributed by atoms with Gasteiger partial charge in [0.1, 0.15) is 8.07 Å². The average molecular weight is 864 g/mol. The van der Waals surface area contributed by atoms with Crippen LogP contribution in [0.1, 0.15) is 97.8 Å². The maximum Gasteiger partial charge on any atom is 0.251 e. The molecule has 0 amide bonds. The smallest absolute Gasteiger partial charge is 0.251 e. The number of hydrogen-bond acceptors (Lipinski definition) is 3. The van der Waals surface area contributed by atoms with Gasteiger partial charge in [0.2, 0.25) is 0 Å². The van der Waals surface area contributed by atoms with Crippen LogP contribution in [0.25, 0.3) is 11.1 Å². The first-order chi connectivity index (χ1) is 31.0. The molecule has 65 heavy (non-hydrogen) atoms. The molecule has 0 aromatic heterocycles. The van der Waals surface area contributed by atoms with E-state index in [1.165, 1.54) is 109 Å². The van der Waals surface area contributed by atoms with Crippen molar-refractivity contribution < 1.29 is 0 Å². The lowest BCUT2D eigenvalue weighted by atomic mass is 9.33. The van der Waals surface area contributed by atoms with Crippen molar-refractivity contribution in [3.63, 3.8) is 0 Å². The zero-order valence-electron chi connectivity index (χ0n) is 40.1. The van der Waals surface area contributed by atoms with Crippen molar-refractivity contribution in [1.82, 2.24) is 0 Å². The molecule has 324 valence electrons. The number of rotatable bonds is 4. The molecule has 2 atom stereocenters. The number of nitrogens with zero attached hydrogens (tertiary/aromatic N) is 3. The predicted octanol–water partition coefficient (Wildman–Crippen LogP) is 12.9. The fraction of sp³-hybridized carbons (Fsp3) is 0.300. The first-order valence-corrected chi connectivity index (χ1v) is 27.3. The highest BCUT2D eigenvalue weighted by Crippen LogP contribution is 2.62. The van der Waals surface area contributed by atoms with Crippen LogP contribution in [0.15, 0.2) is 146 Å². The molecule has 7 aromatic carbocycles. The molecule has 12 rings (SSSR count). The summed E-state index contributed by atoms with van der Waals surface area (Å²) >= 11 is 0. The van der Waals surface area contributed by atoms with E-state index >= 15 is 0 Å². The van der Waals surface area contributed by atoms with Gasteiger partial charge in [-0.25, -0.2) is 0 Å². The van der Waals surface area contributed by atoms with E-state index in [1.807, 2.05) is 0 Å². The van der Waals surface area contributed by atoms with Gasteiger partial charge in [-0.3, -0.25) is 0 Å². The SMILES string of the molecule is CC(C)(C)c1ccc(-c2ccccc2N2c3cc(N4c5ccccc5C5(C)CCCCC45C)cc4c3B3c5c(cccc5[Si](C)(C)c5cccc2c53)N4c2ccc(C(C)(C)C)cc2)cc1. The van der Waals surface area contributed by atoms with Crippen LogP contribution in [0, 0.1) is 0 Å². The largest absolute Gasteiger partial charge is 0.334 e. The number of fused-ring (bicyclic) bond motifs is 3. The highest BCUT2D eigenvalue weighted by atomic mass is 28.3. The summed E-state index contributed by atoms with van der Waals surface area (Å²) in [5.41, 5.74) is 21.5. The van der Waals surface area contributed by atoms with Crippen molar-refractivity contribution >= 4 is 87.0 Å². The predicted molar refractivity (Wildman–Crippen MR) is 283 cm³/mol. The molecule has 0 radical (unpaired) electrons. The summed E-state index contributed by atoms with van der Waals surface area (Å²) in [6.45, 7) is 24.3. The summed E-state index contributed by atoms with van der Waals surface area (Å²) in [5.74, 6) is 0. The van der Waals surface area contributed by atoms with Crippen molar-refractivity contribution in [1.29, 1.82) is 0 Å². The van der Waals surface area contributed by atoms with Crippen molar-refractivity contribution in [3.05, 3.63) is 162 Å². The zero-order valence-corrected chi connectivity index (χ0v) is 41.1. The van der Waals surface area contributed by atoms with Gasteiger partial charge in [-0.05, 0) is 118 Å². The Balaban J connectivity index is 1.20. The Morgan fingerprint density at radius 2 is 1.02 bits per heavy atom. The fourth-order valence-corrected chi connectivity index (χ4v) is 16.5. The van der Waals surface area contributed by atoms with Crippen LogP contribution in [0.5, 0.6) is 0 Å². The van der Waals surface area contributed by atoms with Gasteiger partial charge in [-0.15, -0.1) is 0 Å². The molecule has 1 saturated carbocycles. The van der Waals surface area contributed by atoms with Crippen LogP contribution < -0.4 is 41.5 Å². The molecule has 0 saturated heterocycles. The van der Waals surface area contributed by atoms with E-state index in [0.29, 0.717) is 0 Å². The average Bonchev–Trinajstić information content (AvgIpc) is 3.50. The van der Waals surface area contributed by atoms with E-state index in [-0.39, 0.29) is 28.5 Å². The van der Waals surface area contributed by atoms with Crippen LogP contribution in [0.2, 0.25) is 13.1 Å². The first-order valence-electron chi connectivity index (χ1n) is 24.3. The van der Waals surface area contributed by atoms with Crippen LogP contribution in [-0.2, 0) is 16.2 Å². The molecule has 4 heterocycles. The molecule has 0 N–H and O–H groups in total. The summed E-state index contributed by atoms with van der Waals surface area (Å²) in [4.78, 5) is 8.15. The topological polar surface area (TPSA) is 9.72 Å². The number of anilines is 8. The molecule has 4 aliphatic heterocycles. The van der Waals surface area contributed by atoms with Crippen LogP contribution in [0.4, 0.5) is 45.5 Å². The molecule has 3 nitrogen and oxygen atoms in total. The van der Waals surface area contributed by atoms with E-state index in [0.717, 1.165) is 6.42 Å². The van der Waals surface area contributed by atoms with Crippen LogP contribution >= 0.6 is 0 Å². The summed E-state index contributed by atoms with van der Waals surface area (Å²) in [6.07, 6.45) is 4.86. The third-order valence-electron chi connectivity index (χ3n) is 16.9. The van der Waals surface area contributed by atoms with Gasteiger partial charge in [0.15, 0.2) is 0 Å². The van der Waals surface area contributed by atoms with Crippen molar-refractivity contribution in [3.8, 4) is 11.1 Å². The van der Waals surface area contributed by atoms with Gasteiger partial charge in [-0.1, -0.05) is 182 Å². The molecular formula is C60H62BN3Si. The summed E-state index contributed by atoms with van der Waals surface area (Å²) in [6, 6.07) is 57.3. The van der Waals surface area contributed by atoms with Crippen molar-refractivity contribution in [2.24, 2.45) is 0 Å². The van der Waals surface area contributed by atoms with Gasteiger partial charge < -0.3 is 14.7 Å². The second-order valence-corrected chi connectivity index (χ2v) is 27.2. The number of benzene rings is 7. The molecule has 7 aromatic rings. The molecule has 2 unspecified atom stereocenters. The lowest BCUT2D eigenvalue weighted by Gasteiger charge is -2.52. The quantitative estimate of drug-likeness (QED) is 0.163. The Bertz CT molecular complexity index is 3100.